The van der Waals surface area contributed by atoms with Crippen molar-refractivity contribution in [3.8, 4) is 0 Å². The molecule has 1 aromatic heterocycles. The molecule has 8 nitrogen and oxygen atoms in total. The highest BCUT2D eigenvalue weighted by atomic mass is 19.4. The van der Waals surface area contributed by atoms with E-state index in [1.165, 1.54) is 42.7 Å². The van der Waals surface area contributed by atoms with Crippen LogP contribution in [0.1, 0.15) is 42.6 Å². The van der Waals surface area contributed by atoms with Gasteiger partial charge in [0.2, 0.25) is 0 Å². The van der Waals surface area contributed by atoms with Gasteiger partial charge in [-0.25, -0.2) is 9.37 Å². The molecule has 2 amide bonds. The number of alkyl halides is 3. The number of nitrogens with one attached hydrogen (secondary N) is 1. The van der Waals surface area contributed by atoms with Crippen LogP contribution in [0.15, 0.2) is 36.5 Å². The molecule has 3 heterocycles. The Balaban J connectivity index is 1.81. The number of hydrogen-bond donors (Lipinski definition) is 2. The number of nitrogens with zero attached hydrogens (tertiary/aromatic N) is 4. The van der Waals surface area contributed by atoms with E-state index in [0.29, 0.717) is 6.08 Å². The maximum Gasteiger partial charge on any atom is 0.420 e. The highest BCUT2D eigenvalue weighted by Crippen LogP contribution is 2.42. The normalized spacial score (nSPS) is 20.7. The molecule has 2 aromatic rings. The minimum atomic E-state index is -4.95. The zero-order valence-corrected chi connectivity index (χ0v) is 19.1. The van der Waals surface area contributed by atoms with Crippen molar-refractivity contribution in [1.29, 1.82) is 5.41 Å². The number of benzene rings is 1. The van der Waals surface area contributed by atoms with Crippen molar-refractivity contribution in [2.45, 2.75) is 38.2 Å². The Morgan fingerprint density at radius 1 is 1.20 bits per heavy atom. The average Bonchev–Trinajstić information content (AvgIpc) is 3.28. The van der Waals surface area contributed by atoms with Crippen molar-refractivity contribution < 1.29 is 32.3 Å². The SMILES string of the molecule is CC(C)(O)C(=O)N1CCN2C(=O)c3cnc(C(=CC(=N)c4ccc(F)cc4)C(F)(F)F)n3C2(C)C1. The summed E-state index contributed by atoms with van der Waals surface area (Å²) < 4.78 is 57.0. The summed E-state index contributed by atoms with van der Waals surface area (Å²) in [7, 11) is 0. The lowest BCUT2D eigenvalue weighted by atomic mass is 10.0. The van der Waals surface area contributed by atoms with Crippen LogP contribution in [0.4, 0.5) is 17.6 Å². The van der Waals surface area contributed by atoms with E-state index in [1.54, 1.807) is 0 Å². The summed E-state index contributed by atoms with van der Waals surface area (Å²) >= 11 is 0. The first-order chi connectivity index (χ1) is 16.1. The smallest absolute Gasteiger partial charge is 0.381 e. The topological polar surface area (TPSA) is 103 Å². The summed E-state index contributed by atoms with van der Waals surface area (Å²) in [6.07, 6.45) is -3.31. The molecule has 0 saturated carbocycles. The zero-order valence-electron chi connectivity index (χ0n) is 19.1. The minimum Gasteiger partial charge on any atom is -0.381 e. The highest BCUT2D eigenvalue weighted by molar-refractivity contribution is 6.10. The molecule has 2 aliphatic heterocycles. The van der Waals surface area contributed by atoms with Crippen LogP contribution in [0.5, 0.6) is 0 Å². The lowest BCUT2D eigenvalue weighted by molar-refractivity contribution is -0.154. The molecule has 1 atom stereocenters. The van der Waals surface area contributed by atoms with Gasteiger partial charge < -0.3 is 20.3 Å². The van der Waals surface area contributed by atoms with Gasteiger partial charge in [-0.3, -0.25) is 14.2 Å². The van der Waals surface area contributed by atoms with Gasteiger partial charge in [-0.2, -0.15) is 13.2 Å². The second-order valence-electron chi connectivity index (χ2n) is 9.24. The number of allylic oxidation sites excluding steroid dienone is 2. The van der Waals surface area contributed by atoms with Crippen LogP contribution in [0.3, 0.4) is 0 Å². The Labute approximate surface area is 198 Å². The van der Waals surface area contributed by atoms with Gasteiger partial charge in [0.25, 0.3) is 11.8 Å². The number of piperazine rings is 1. The number of amides is 2. The van der Waals surface area contributed by atoms with Gasteiger partial charge in [0.15, 0.2) is 0 Å². The molecule has 1 saturated heterocycles. The zero-order chi connectivity index (χ0) is 25.9. The largest absolute Gasteiger partial charge is 0.420 e. The number of carbonyl (C=O) groups is 2. The summed E-state index contributed by atoms with van der Waals surface area (Å²) in [6, 6.07) is 4.44. The van der Waals surface area contributed by atoms with Crippen LogP contribution in [0, 0.1) is 11.2 Å². The molecule has 35 heavy (non-hydrogen) atoms. The van der Waals surface area contributed by atoms with Gasteiger partial charge in [-0.15, -0.1) is 0 Å². The molecule has 2 N–H and O–H groups in total. The molecule has 1 unspecified atom stereocenters. The number of imidazole rings is 1. The molecule has 1 aromatic carbocycles. The number of aliphatic hydroxyl groups is 1. The molecule has 0 radical (unpaired) electrons. The summed E-state index contributed by atoms with van der Waals surface area (Å²) in [4.78, 5) is 32.3. The van der Waals surface area contributed by atoms with E-state index in [1.807, 2.05) is 0 Å². The molecule has 0 spiro atoms. The third-order valence-electron chi connectivity index (χ3n) is 6.17. The van der Waals surface area contributed by atoms with Crippen LogP contribution in [-0.4, -0.2) is 73.4 Å². The Bertz CT molecular complexity index is 1240. The van der Waals surface area contributed by atoms with E-state index in [-0.39, 0.29) is 30.9 Å². The highest BCUT2D eigenvalue weighted by Gasteiger charge is 2.54. The van der Waals surface area contributed by atoms with E-state index in [2.05, 4.69) is 4.98 Å². The average molecular weight is 493 g/mol. The van der Waals surface area contributed by atoms with Crippen molar-refractivity contribution in [2.75, 3.05) is 19.6 Å². The molecule has 0 bridgehead atoms. The second kappa shape index (κ2) is 8.01. The Morgan fingerprint density at radius 2 is 1.83 bits per heavy atom. The van der Waals surface area contributed by atoms with Crippen molar-refractivity contribution >= 4 is 23.1 Å². The number of halogens is 4. The molecule has 186 valence electrons. The quantitative estimate of drug-likeness (QED) is 0.505. The first kappa shape index (κ1) is 24.6. The van der Waals surface area contributed by atoms with E-state index in [4.69, 9.17) is 5.41 Å². The first-order valence-electron chi connectivity index (χ1n) is 10.7. The molecule has 0 aliphatic carbocycles. The third-order valence-corrected chi connectivity index (χ3v) is 6.17. The van der Waals surface area contributed by atoms with Gasteiger partial charge in [-0.05, 0) is 56.7 Å². The molecular weight excluding hydrogens is 470 g/mol. The molecule has 4 rings (SSSR count). The summed E-state index contributed by atoms with van der Waals surface area (Å²) in [6.45, 7) is 4.13. The second-order valence-corrected chi connectivity index (χ2v) is 9.24. The van der Waals surface area contributed by atoms with Crippen LogP contribution < -0.4 is 0 Å². The van der Waals surface area contributed by atoms with Gasteiger partial charge in [-0.1, -0.05) is 0 Å². The van der Waals surface area contributed by atoms with Gasteiger partial charge in [0.05, 0.1) is 18.5 Å². The fourth-order valence-corrected chi connectivity index (χ4v) is 4.51. The fourth-order valence-electron chi connectivity index (χ4n) is 4.51. The lowest BCUT2D eigenvalue weighted by Crippen LogP contribution is -2.63. The molecule has 1 fully saturated rings. The van der Waals surface area contributed by atoms with E-state index in [0.717, 1.165) is 22.9 Å². The number of rotatable bonds is 4. The molecular formula is C23H23F4N5O3. The molecule has 2 aliphatic rings. The maximum atomic E-state index is 14.2. The van der Waals surface area contributed by atoms with Crippen molar-refractivity contribution in [3.63, 3.8) is 0 Å². The monoisotopic (exact) mass is 493 g/mol. The third kappa shape index (κ3) is 4.11. The number of hydrogen-bond acceptors (Lipinski definition) is 5. The lowest BCUT2D eigenvalue weighted by Gasteiger charge is -2.46. The standard InChI is InChI=1S/C23H23F4N5O3/c1-21(2,35)20(34)30-8-9-31-19(33)17-11-29-18(32(17)22(31,3)12-30)15(23(25,26)27)10-16(28)13-4-6-14(24)7-5-13/h4-7,10-11,28,35H,8-9,12H2,1-3H3. The molecule has 12 heteroatoms. The predicted molar refractivity (Wildman–Crippen MR) is 117 cm³/mol. The first-order valence-corrected chi connectivity index (χ1v) is 10.7. The van der Waals surface area contributed by atoms with Crippen molar-refractivity contribution in [1.82, 2.24) is 19.4 Å². The van der Waals surface area contributed by atoms with Gasteiger partial charge in [0.1, 0.15) is 34.2 Å². The van der Waals surface area contributed by atoms with Gasteiger partial charge >= 0.3 is 6.18 Å². The number of carbonyl (C=O) groups excluding carboxylic acids is 2. The van der Waals surface area contributed by atoms with E-state index in [9.17, 15) is 32.3 Å². The fraction of sp³-hybridized carbons (Fsp3) is 0.391. The van der Waals surface area contributed by atoms with E-state index < -0.39 is 52.2 Å². The summed E-state index contributed by atoms with van der Waals surface area (Å²) in [5.41, 5.74) is -4.92. The number of aromatic nitrogens is 2. The van der Waals surface area contributed by atoms with Crippen molar-refractivity contribution in [3.05, 3.63) is 59.4 Å². The number of fused-ring (bicyclic) bond motifs is 3. The summed E-state index contributed by atoms with van der Waals surface area (Å²) in [5.74, 6) is -2.33. The van der Waals surface area contributed by atoms with Crippen LogP contribution in [0.25, 0.3) is 5.57 Å². The Morgan fingerprint density at radius 3 is 2.40 bits per heavy atom. The maximum absolute atomic E-state index is 14.2. The van der Waals surface area contributed by atoms with Crippen LogP contribution in [-0.2, 0) is 10.5 Å². The Hall–Kier alpha value is -3.54. The minimum absolute atomic E-state index is 0.0503. The van der Waals surface area contributed by atoms with E-state index >= 15 is 0 Å². The van der Waals surface area contributed by atoms with Crippen LogP contribution in [0.2, 0.25) is 0 Å². The predicted octanol–water partition coefficient (Wildman–Crippen LogP) is 2.78. The van der Waals surface area contributed by atoms with Gasteiger partial charge in [0, 0.05) is 13.1 Å². The Kier molecular flexibility index (Phi) is 5.62. The summed E-state index contributed by atoms with van der Waals surface area (Å²) in [5, 5.41) is 18.3. The van der Waals surface area contributed by atoms with Crippen LogP contribution >= 0.6 is 0 Å². The van der Waals surface area contributed by atoms with Crippen molar-refractivity contribution in [2.24, 2.45) is 0 Å².